The van der Waals surface area contributed by atoms with Gasteiger partial charge in [0.1, 0.15) is 0 Å². The fraction of sp³-hybridized carbons (Fsp3) is 0.917. The first-order chi connectivity index (χ1) is 7.08. The standard InChI is InChI=1S/C12H22O3/c1-9(2)15-12(14)8-5-10-3-6-11(13)7-4-10/h9-11,13H,3-8H2,1-2H3. The number of rotatable bonds is 4. The van der Waals surface area contributed by atoms with Crippen molar-refractivity contribution in [2.75, 3.05) is 0 Å². The summed E-state index contributed by atoms with van der Waals surface area (Å²) in [5.74, 6) is 0.518. The minimum Gasteiger partial charge on any atom is -0.463 e. The van der Waals surface area contributed by atoms with Crippen LogP contribution in [0.3, 0.4) is 0 Å². The second kappa shape index (κ2) is 6.11. The lowest BCUT2D eigenvalue weighted by Crippen LogP contribution is -2.19. The average Bonchev–Trinajstić information content (AvgIpc) is 2.16. The van der Waals surface area contributed by atoms with Crippen LogP contribution in [0.1, 0.15) is 52.4 Å². The van der Waals surface area contributed by atoms with E-state index < -0.39 is 0 Å². The van der Waals surface area contributed by atoms with Gasteiger partial charge in [-0.05, 0) is 51.9 Å². The molecule has 0 saturated heterocycles. The van der Waals surface area contributed by atoms with Crippen molar-refractivity contribution >= 4 is 5.97 Å². The van der Waals surface area contributed by atoms with Crippen molar-refractivity contribution in [2.45, 2.75) is 64.6 Å². The molecule has 0 aromatic rings. The summed E-state index contributed by atoms with van der Waals surface area (Å²) in [6.07, 6.45) is 5.21. The molecule has 0 spiro atoms. The Morgan fingerprint density at radius 1 is 1.33 bits per heavy atom. The quantitative estimate of drug-likeness (QED) is 0.730. The normalized spacial score (nSPS) is 26.7. The van der Waals surface area contributed by atoms with Crippen LogP contribution in [-0.2, 0) is 9.53 Å². The van der Waals surface area contributed by atoms with E-state index in [-0.39, 0.29) is 18.2 Å². The van der Waals surface area contributed by atoms with E-state index in [1.54, 1.807) is 0 Å². The van der Waals surface area contributed by atoms with Gasteiger partial charge in [0.25, 0.3) is 0 Å². The molecule has 1 fully saturated rings. The second-order valence-corrected chi connectivity index (χ2v) is 4.75. The maximum Gasteiger partial charge on any atom is 0.306 e. The average molecular weight is 214 g/mol. The zero-order chi connectivity index (χ0) is 11.3. The summed E-state index contributed by atoms with van der Waals surface area (Å²) in [4.78, 5) is 11.3. The minimum absolute atomic E-state index is 0.00863. The molecule has 1 saturated carbocycles. The monoisotopic (exact) mass is 214 g/mol. The summed E-state index contributed by atoms with van der Waals surface area (Å²) in [7, 11) is 0. The van der Waals surface area contributed by atoms with E-state index in [1.807, 2.05) is 13.8 Å². The van der Waals surface area contributed by atoms with E-state index in [4.69, 9.17) is 4.74 Å². The summed E-state index contributed by atoms with van der Waals surface area (Å²) < 4.78 is 5.07. The van der Waals surface area contributed by atoms with E-state index in [9.17, 15) is 9.90 Å². The molecule has 0 aliphatic heterocycles. The zero-order valence-corrected chi connectivity index (χ0v) is 9.74. The Kier molecular flexibility index (Phi) is 5.09. The lowest BCUT2D eigenvalue weighted by atomic mass is 9.85. The van der Waals surface area contributed by atoms with Crippen LogP contribution < -0.4 is 0 Å². The lowest BCUT2D eigenvalue weighted by Gasteiger charge is -2.25. The third kappa shape index (κ3) is 5.17. The SMILES string of the molecule is CC(C)OC(=O)CCC1CCC(O)CC1. The van der Waals surface area contributed by atoms with Crippen molar-refractivity contribution in [2.24, 2.45) is 5.92 Å². The van der Waals surface area contributed by atoms with E-state index in [2.05, 4.69) is 0 Å². The van der Waals surface area contributed by atoms with Crippen LogP contribution >= 0.6 is 0 Å². The van der Waals surface area contributed by atoms with Gasteiger partial charge in [0, 0.05) is 6.42 Å². The molecule has 0 heterocycles. The maximum absolute atomic E-state index is 11.3. The fourth-order valence-corrected chi connectivity index (χ4v) is 2.08. The third-order valence-corrected chi connectivity index (χ3v) is 2.94. The van der Waals surface area contributed by atoms with Gasteiger partial charge >= 0.3 is 5.97 Å². The van der Waals surface area contributed by atoms with Crippen LogP contribution in [0.25, 0.3) is 0 Å². The molecule has 0 amide bonds. The van der Waals surface area contributed by atoms with Crippen molar-refractivity contribution in [1.29, 1.82) is 0 Å². The maximum atomic E-state index is 11.3. The van der Waals surface area contributed by atoms with Gasteiger partial charge in [-0.25, -0.2) is 0 Å². The van der Waals surface area contributed by atoms with E-state index in [1.165, 1.54) is 0 Å². The van der Waals surface area contributed by atoms with Gasteiger partial charge in [0.05, 0.1) is 12.2 Å². The van der Waals surface area contributed by atoms with E-state index in [0.29, 0.717) is 12.3 Å². The first kappa shape index (κ1) is 12.5. The first-order valence-electron chi connectivity index (χ1n) is 5.95. The van der Waals surface area contributed by atoms with Crippen molar-refractivity contribution < 1.29 is 14.6 Å². The van der Waals surface area contributed by atoms with Crippen molar-refractivity contribution in [1.82, 2.24) is 0 Å². The highest BCUT2D eigenvalue weighted by atomic mass is 16.5. The van der Waals surface area contributed by atoms with Crippen molar-refractivity contribution in [3.63, 3.8) is 0 Å². The van der Waals surface area contributed by atoms with Crippen LogP contribution in [-0.4, -0.2) is 23.3 Å². The van der Waals surface area contributed by atoms with Gasteiger partial charge < -0.3 is 9.84 Å². The van der Waals surface area contributed by atoms with Crippen LogP contribution in [0, 0.1) is 5.92 Å². The second-order valence-electron chi connectivity index (χ2n) is 4.75. The molecular weight excluding hydrogens is 192 g/mol. The molecule has 3 heteroatoms. The molecule has 0 aromatic heterocycles. The molecule has 0 atom stereocenters. The summed E-state index contributed by atoms with van der Waals surface area (Å²) in [6, 6.07) is 0. The smallest absolute Gasteiger partial charge is 0.306 e. The Labute approximate surface area is 91.8 Å². The Bertz CT molecular complexity index is 193. The van der Waals surface area contributed by atoms with Crippen LogP contribution in [0.15, 0.2) is 0 Å². The van der Waals surface area contributed by atoms with E-state index in [0.717, 1.165) is 32.1 Å². The Hall–Kier alpha value is -0.570. The highest BCUT2D eigenvalue weighted by Gasteiger charge is 2.20. The number of carbonyl (C=O) groups is 1. The van der Waals surface area contributed by atoms with Gasteiger partial charge in [0.2, 0.25) is 0 Å². The van der Waals surface area contributed by atoms with Gasteiger partial charge in [0.15, 0.2) is 0 Å². The van der Waals surface area contributed by atoms with Crippen LogP contribution in [0.5, 0.6) is 0 Å². The van der Waals surface area contributed by atoms with Crippen molar-refractivity contribution in [3.05, 3.63) is 0 Å². The lowest BCUT2D eigenvalue weighted by molar-refractivity contribution is -0.147. The third-order valence-electron chi connectivity index (χ3n) is 2.94. The number of aliphatic hydroxyl groups is 1. The molecular formula is C12H22O3. The largest absolute Gasteiger partial charge is 0.463 e. The molecule has 1 rings (SSSR count). The molecule has 88 valence electrons. The van der Waals surface area contributed by atoms with Crippen molar-refractivity contribution in [3.8, 4) is 0 Å². The molecule has 15 heavy (non-hydrogen) atoms. The van der Waals surface area contributed by atoms with Crippen LogP contribution in [0.4, 0.5) is 0 Å². The Balaban J connectivity index is 2.12. The number of ether oxygens (including phenoxy) is 1. The number of aliphatic hydroxyl groups excluding tert-OH is 1. The van der Waals surface area contributed by atoms with Gasteiger partial charge in [-0.3, -0.25) is 4.79 Å². The Morgan fingerprint density at radius 2 is 1.93 bits per heavy atom. The van der Waals surface area contributed by atoms with Gasteiger partial charge in [-0.15, -0.1) is 0 Å². The molecule has 0 radical (unpaired) electrons. The molecule has 1 N–H and O–H groups in total. The topological polar surface area (TPSA) is 46.5 Å². The van der Waals surface area contributed by atoms with E-state index >= 15 is 0 Å². The molecule has 0 unspecified atom stereocenters. The van der Waals surface area contributed by atoms with Crippen LogP contribution in [0.2, 0.25) is 0 Å². The molecule has 3 nitrogen and oxygen atoms in total. The van der Waals surface area contributed by atoms with Gasteiger partial charge in [-0.2, -0.15) is 0 Å². The highest BCUT2D eigenvalue weighted by molar-refractivity contribution is 5.69. The number of esters is 1. The molecule has 0 bridgehead atoms. The number of carbonyl (C=O) groups excluding carboxylic acids is 1. The number of hydrogen-bond acceptors (Lipinski definition) is 3. The van der Waals surface area contributed by atoms with Gasteiger partial charge in [-0.1, -0.05) is 0 Å². The zero-order valence-electron chi connectivity index (χ0n) is 9.74. The summed E-state index contributed by atoms with van der Waals surface area (Å²) >= 11 is 0. The minimum atomic E-state index is -0.108. The highest BCUT2D eigenvalue weighted by Crippen LogP contribution is 2.27. The predicted molar refractivity (Wildman–Crippen MR) is 58.4 cm³/mol. The summed E-state index contributed by atoms with van der Waals surface area (Å²) in [6.45, 7) is 3.74. The first-order valence-corrected chi connectivity index (χ1v) is 5.95. The fourth-order valence-electron chi connectivity index (χ4n) is 2.08. The summed E-state index contributed by atoms with van der Waals surface area (Å²) in [5.41, 5.74) is 0. The molecule has 1 aliphatic rings. The molecule has 1 aliphatic carbocycles. The predicted octanol–water partition coefficient (Wildman–Crippen LogP) is 2.27. The molecule has 0 aromatic carbocycles. The number of hydrogen-bond donors (Lipinski definition) is 1. The Morgan fingerprint density at radius 3 is 2.47 bits per heavy atom. The summed E-state index contributed by atoms with van der Waals surface area (Å²) in [5, 5.41) is 9.33.